The number of carboxylic acid groups (broad SMARTS) is 1. The second-order valence-electron chi connectivity index (χ2n) is 5.57. The van der Waals surface area contributed by atoms with E-state index < -0.39 is 30.3 Å². The molecule has 1 N–H and O–H groups in total. The van der Waals surface area contributed by atoms with Crippen LogP contribution in [0.5, 0.6) is 5.75 Å². The summed E-state index contributed by atoms with van der Waals surface area (Å²) in [6.45, 7) is 1.67. The number of hydrogen-bond donors (Lipinski definition) is 1. The van der Waals surface area contributed by atoms with Crippen LogP contribution in [-0.4, -0.2) is 36.4 Å². The van der Waals surface area contributed by atoms with Crippen LogP contribution in [-0.2, 0) is 14.3 Å². The fourth-order valence-electron chi connectivity index (χ4n) is 2.18. The number of hydrogen-bond acceptors (Lipinski definition) is 5. The van der Waals surface area contributed by atoms with Gasteiger partial charge in [-0.1, -0.05) is 30.3 Å². The van der Waals surface area contributed by atoms with Gasteiger partial charge in [0.1, 0.15) is 5.75 Å². The van der Waals surface area contributed by atoms with E-state index in [-0.39, 0.29) is 11.1 Å². The molecule has 0 bridgehead atoms. The van der Waals surface area contributed by atoms with Crippen molar-refractivity contribution < 1.29 is 37.7 Å². The minimum Gasteiger partial charge on any atom is -0.477 e. The lowest BCUT2D eigenvalue weighted by molar-refractivity contribution is -0.183. The molecule has 2 rings (SSSR count). The Hall–Kier alpha value is -3.00. The highest BCUT2D eigenvalue weighted by molar-refractivity contribution is 5.90. The van der Waals surface area contributed by atoms with Gasteiger partial charge in [0, 0.05) is 7.11 Å². The van der Waals surface area contributed by atoms with Crippen molar-refractivity contribution in [3.05, 3.63) is 65.7 Å². The van der Waals surface area contributed by atoms with Crippen LogP contribution in [0.4, 0.5) is 8.78 Å². The van der Waals surface area contributed by atoms with Crippen molar-refractivity contribution in [3.63, 3.8) is 0 Å². The summed E-state index contributed by atoms with van der Waals surface area (Å²) in [5.74, 6) is -7.37. The topological polar surface area (TPSA) is 82.1 Å². The minimum absolute atomic E-state index is 0.0328. The molecule has 0 aliphatic carbocycles. The number of benzene rings is 2. The highest BCUT2D eigenvalue weighted by Gasteiger charge is 2.51. The molecule has 2 aromatic carbocycles. The zero-order valence-corrected chi connectivity index (χ0v) is 14.6. The van der Waals surface area contributed by atoms with Crippen LogP contribution in [0.1, 0.15) is 28.9 Å². The monoisotopic (exact) mass is 380 g/mol. The van der Waals surface area contributed by atoms with Gasteiger partial charge < -0.3 is 19.3 Å². The van der Waals surface area contributed by atoms with E-state index in [0.29, 0.717) is 5.75 Å². The van der Waals surface area contributed by atoms with Gasteiger partial charge in [-0.25, -0.2) is 9.59 Å². The Kier molecular flexibility index (Phi) is 6.46. The Labute approximate surface area is 154 Å². The van der Waals surface area contributed by atoms with E-state index in [4.69, 9.17) is 19.3 Å². The van der Waals surface area contributed by atoms with E-state index in [9.17, 15) is 18.4 Å². The highest BCUT2D eigenvalue weighted by Crippen LogP contribution is 2.35. The van der Waals surface area contributed by atoms with Gasteiger partial charge >= 0.3 is 17.9 Å². The molecule has 0 fully saturated rings. The average Bonchev–Trinajstić information content (AvgIpc) is 2.66. The van der Waals surface area contributed by atoms with Gasteiger partial charge in [-0.05, 0) is 36.8 Å². The second-order valence-corrected chi connectivity index (χ2v) is 5.57. The Morgan fingerprint density at radius 1 is 1.04 bits per heavy atom. The van der Waals surface area contributed by atoms with E-state index in [1.54, 1.807) is 13.0 Å². The molecular formula is C19H18F2O6. The summed E-state index contributed by atoms with van der Waals surface area (Å²) in [5, 5.41) is 8.83. The fraction of sp³-hybridized carbons (Fsp3) is 0.263. The summed E-state index contributed by atoms with van der Waals surface area (Å²) in [4.78, 5) is 23.2. The summed E-state index contributed by atoms with van der Waals surface area (Å²) < 4.78 is 43.4. The molecule has 0 aromatic heterocycles. The molecule has 0 heterocycles. The van der Waals surface area contributed by atoms with Crippen LogP contribution < -0.4 is 4.74 Å². The molecule has 144 valence electrons. The molecule has 27 heavy (non-hydrogen) atoms. The SMILES string of the molecule is COC(C)Oc1ccc(C(=O)OC(c2ccccc2)C(F)(F)C(=O)O)cc1. The van der Waals surface area contributed by atoms with E-state index in [1.165, 1.54) is 55.6 Å². The van der Waals surface area contributed by atoms with Crippen LogP contribution in [0.2, 0.25) is 0 Å². The molecule has 0 saturated carbocycles. The number of alkyl halides is 2. The first-order valence-electron chi connectivity index (χ1n) is 7.92. The van der Waals surface area contributed by atoms with Crippen LogP contribution in [0.25, 0.3) is 0 Å². The second kappa shape index (κ2) is 8.59. The van der Waals surface area contributed by atoms with E-state index in [0.717, 1.165) is 0 Å². The van der Waals surface area contributed by atoms with Crippen molar-refractivity contribution >= 4 is 11.9 Å². The molecule has 2 aromatic rings. The molecule has 0 spiro atoms. The molecule has 0 radical (unpaired) electrons. The van der Waals surface area contributed by atoms with Crippen LogP contribution in [0.15, 0.2) is 54.6 Å². The number of carbonyl (C=O) groups is 2. The van der Waals surface area contributed by atoms with Crippen molar-refractivity contribution in [1.82, 2.24) is 0 Å². The fourth-order valence-corrected chi connectivity index (χ4v) is 2.18. The van der Waals surface area contributed by atoms with Gasteiger partial charge in [-0.3, -0.25) is 0 Å². The van der Waals surface area contributed by atoms with Crippen molar-refractivity contribution in [1.29, 1.82) is 0 Å². The largest absolute Gasteiger partial charge is 0.477 e. The van der Waals surface area contributed by atoms with Crippen molar-refractivity contribution in [2.24, 2.45) is 0 Å². The van der Waals surface area contributed by atoms with Crippen LogP contribution in [0.3, 0.4) is 0 Å². The maximum atomic E-state index is 14.1. The Balaban J connectivity index is 2.22. The Morgan fingerprint density at radius 2 is 1.63 bits per heavy atom. The third kappa shape index (κ3) is 5.01. The lowest BCUT2D eigenvalue weighted by Gasteiger charge is -2.24. The van der Waals surface area contributed by atoms with Crippen LogP contribution in [0, 0.1) is 0 Å². The molecule has 2 atom stereocenters. The summed E-state index contributed by atoms with van der Waals surface area (Å²) in [5.41, 5.74) is -0.165. The molecule has 0 aliphatic heterocycles. The first-order valence-corrected chi connectivity index (χ1v) is 7.92. The molecule has 8 heteroatoms. The number of esters is 1. The lowest BCUT2D eigenvalue weighted by atomic mass is 10.0. The average molecular weight is 380 g/mol. The Morgan fingerprint density at radius 3 is 2.15 bits per heavy atom. The summed E-state index contributed by atoms with van der Waals surface area (Å²) >= 11 is 0. The normalized spacial score (nSPS) is 13.5. The zero-order chi connectivity index (χ0) is 20.0. The number of rotatable bonds is 8. The van der Waals surface area contributed by atoms with Gasteiger partial charge in [0.05, 0.1) is 5.56 Å². The van der Waals surface area contributed by atoms with Crippen LogP contribution >= 0.6 is 0 Å². The Bertz CT molecular complexity index is 777. The van der Waals surface area contributed by atoms with Crippen molar-refractivity contribution in [2.45, 2.75) is 25.2 Å². The summed E-state index contributed by atoms with van der Waals surface area (Å²) in [6.07, 6.45) is -2.78. The molecule has 2 unspecified atom stereocenters. The molecule has 0 amide bonds. The van der Waals surface area contributed by atoms with Gasteiger partial charge in [-0.15, -0.1) is 0 Å². The molecular weight excluding hydrogens is 362 g/mol. The number of carboxylic acids is 1. The highest BCUT2D eigenvalue weighted by atomic mass is 19.3. The number of carbonyl (C=O) groups excluding carboxylic acids is 1. The predicted molar refractivity (Wildman–Crippen MR) is 90.7 cm³/mol. The van der Waals surface area contributed by atoms with Gasteiger partial charge in [0.25, 0.3) is 0 Å². The van der Waals surface area contributed by atoms with Crippen molar-refractivity contribution in [2.75, 3.05) is 7.11 Å². The zero-order valence-electron chi connectivity index (χ0n) is 14.6. The first-order chi connectivity index (χ1) is 12.8. The quantitative estimate of drug-likeness (QED) is 0.556. The molecule has 0 aliphatic rings. The maximum absolute atomic E-state index is 14.1. The van der Waals surface area contributed by atoms with E-state index in [2.05, 4.69) is 0 Å². The standard InChI is InChI=1S/C19H18F2O6/c1-12(25-2)26-15-10-8-14(9-11-15)17(22)27-16(19(20,21)18(23)24)13-6-4-3-5-7-13/h3-12,16H,1-2H3,(H,23,24). The van der Waals surface area contributed by atoms with Gasteiger partial charge in [-0.2, -0.15) is 8.78 Å². The molecule has 6 nitrogen and oxygen atoms in total. The van der Waals surface area contributed by atoms with Gasteiger partial charge in [0.15, 0.2) is 6.29 Å². The third-order valence-electron chi connectivity index (χ3n) is 3.67. The summed E-state index contributed by atoms with van der Waals surface area (Å²) in [6, 6.07) is 12.5. The lowest BCUT2D eigenvalue weighted by Crippen LogP contribution is -2.38. The number of ether oxygens (including phenoxy) is 3. The first kappa shape index (κ1) is 20.3. The number of methoxy groups -OCH3 is 1. The smallest absolute Gasteiger partial charge is 0.382 e. The number of halogens is 2. The van der Waals surface area contributed by atoms with E-state index >= 15 is 0 Å². The minimum atomic E-state index is -4.30. The molecule has 0 saturated heterocycles. The third-order valence-corrected chi connectivity index (χ3v) is 3.67. The van der Waals surface area contributed by atoms with Crippen molar-refractivity contribution in [3.8, 4) is 5.75 Å². The number of aliphatic carboxylic acids is 1. The maximum Gasteiger partial charge on any atom is 0.382 e. The van der Waals surface area contributed by atoms with Gasteiger partial charge in [0.2, 0.25) is 6.10 Å². The predicted octanol–water partition coefficient (Wildman–Crippen LogP) is 3.68. The summed E-state index contributed by atoms with van der Waals surface area (Å²) in [7, 11) is 1.46. The van der Waals surface area contributed by atoms with E-state index in [1.807, 2.05) is 0 Å².